The Morgan fingerprint density at radius 1 is 1.11 bits per heavy atom. The Hall–Kier alpha value is -1.63. The zero-order chi connectivity index (χ0) is 12.4. The minimum Gasteiger partial charge on any atom is -0.198 e. The third-order valence-electron chi connectivity index (χ3n) is 3.86. The molecule has 0 aliphatic carbocycles. The first kappa shape index (κ1) is 11.5. The van der Waals surface area contributed by atoms with E-state index < -0.39 is 0 Å². The Morgan fingerprint density at radius 3 is 2.94 bits per heavy atom. The van der Waals surface area contributed by atoms with Gasteiger partial charge in [-0.1, -0.05) is 31.5 Å². The summed E-state index contributed by atoms with van der Waals surface area (Å²) < 4.78 is 2.39. The zero-order valence-electron chi connectivity index (χ0n) is 11.0. The summed E-state index contributed by atoms with van der Waals surface area (Å²) in [7, 11) is 0. The molecule has 1 aliphatic rings. The molecule has 1 aromatic heterocycles. The number of hydrogen-bond donors (Lipinski definition) is 0. The molecule has 0 N–H and O–H groups in total. The molecule has 1 heteroatoms. The predicted octanol–water partition coefficient (Wildman–Crippen LogP) is 3.54. The Labute approximate surface area is 109 Å². The Kier molecular flexibility index (Phi) is 3.14. The molecule has 0 spiro atoms. The molecule has 0 atom stereocenters. The molecule has 0 radical (unpaired) electrons. The molecule has 0 amide bonds. The Morgan fingerprint density at radius 2 is 2.06 bits per heavy atom. The van der Waals surface area contributed by atoms with Gasteiger partial charge in [-0.15, -0.1) is 0 Å². The van der Waals surface area contributed by atoms with Crippen molar-refractivity contribution in [3.05, 3.63) is 53.7 Å². The standard InChI is InChI=1S/C17H20N/c1-2-3-7-14-8-6-9-15-11-13-18-12-5-4-10-16(18)17(14)15/h4-6,8-10,12H,2-3,7,11,13H2,1H3/q+1. The van der Waals surface area contributed by atoms with Crippen LogP contribution in [0.3, 0.4) is 0 Å². The molecule has 92 valence electrons. The first-order valence-corrected chi connectivity index (χ1v) is 6.99. The van der Waals surface area contributed by atoms with Gasteiger partial charge in [-0.05, 0) is 30.0 Å². The van der Waals surface area contributed by atoms with Crippen LogP contribution in [0.1, 0.15) is 30.9 Å². The van der Waals surface area contributed by atoms with Crippen molar-refractivity contribution >= 4 is 0 Å². The van der Waals surface area contributed by atoms with E-state index in [2.05, 4.69) is 54.1 Å². The van der Waals surface area contributed by atoms with Crippen molar-refractivity contribution in [3.8, 4) is 11.3 Å². The van der Waals surface area contributed by atoms with Crippen molar-refractivity contribution < 1.29 is 4.57 Å². The van der Waals surface area contributed by atoms with Crippen LogP contribution in [0.4, 0.5) is 0 Å². The average molecular weight is 238 g/mol. The molecule has 0 unspecified atom stereocenters. The topological polar surface area (TPSA) is 3.88 Å². The second-order valence-electron chi connectivity index (χ2n) is 5.08. The average Bonchev–Trinajstić information content (AvgIpc) is 2.44. The van der Waals surface area contributed by atoms with Gasteiger partial charge in [0.15, 0.2) is 12.7 Å². The van der Waals surface area contributed by atoms with Crippen molar-refractivity contribution in [3.63, 3.8) is 0 Å². The third kappa shape index (κ3) is 1.94. The monoisotopic (exact) mass is 238 g/mol. The fourth-order valence-electron chi connectivity index (χ4n) is 2.91. The molecule has 2 heterocycles. The largest absolute Gasteiger partial charge is 0.213 e. The number of aromatic nitrogens is 1. The smallest absolute Gasteiger partial charge is 0.198 e. The van der Waals surface area contributed by atoms with Crippen molar-refractivity contribution in [1.82, 2.24) is 0 Å². The normalized spacial score (nSPS) is 12.9. The van der Waals surface area contributed by atoms with Gasteiger partial charge in [0.25, 0.3) is 0 Å². The lowest BCUT2D eigenvalue weighted by Crippen LogP contribution is -2.40. The maximum atomic E-state index is 2.39. The molecule has 0 saturated carbocycles. The van der Waals surface area contributed by atoms with Gasteiger partial charge in [-0.2, -0.15) is 4.57 Å². The van der Waals surface area contributed by atoms with Gasteiger partial charge in [0, 0.05) is 18.6 Å². The fourth-order valence-corrected chi connectivity index (χ4v) is 2.91. The SMILES string of the molecule is CCCCc1cccc2c1-c1cccc[n+]1CC2. The van der Waals surface area contributed by atoms with Gasteiger partial charge in [-0.3, -0.25) is 0 Å². The maximum absolute atomic E-state index is 2.39. The van der Waals surface area contributed by atoms with Gasteiger partial charge in [0.05, 0.1) is 5.56 Å². The lowest BCUT2D eigenvalue weighted by Gasteiger charge is -2.17. The second kappa shape index (κ2) is 4.93. The molecule has 0 fully saturated rings. The Bertz CT molecular complexity index is 557. The van der Waals surface area contributed by atoms with E-state index in [0.717, 1.165) is 13.0 Å². The summed E-state index contributed by atoms with van der Waals surface area (Å²) in [6.45, 7) is 3.37. The number of hydrogen-bond acceptors (Lipinski definition) is 0. The minimum absolute atomic E-state index is 1.11. The van der Waals surface area contributed by atoms with Gasteiger partial charge in [0.1, 0.15) is 0 Å². The molecule has 0 saturated heterocycles. The number of benzene rings is 1. The number of fused-ring (bicyclic) bond motifs is 3. The summed E-state index contributed by atoms with van der Waals surface area (Å²) in [5.74, 6) is 0. The molecular weight excluding hydrogens is 218 g/mol. The van der Waals surface area contributed by atoms with Gasteiger partial charge >= 0.3 is 0 Å². The van der Waals surface area contributed by atoms with E-state index in [4.69, 9.17) is 0 Å². The minimum atomic E-state index is 1.11. The highest BCUT2D eigenvalue weighted by atomic mass is 15.0. The van der Waals surface area contributed by atoms with E-state index in [1.54, 1.807) is 0 Å². The van der Waals surface area contributed by atoms with E-state index in [1.807, 2.05) is 0 Å². The number of pyridine rings is 1. The number of aryl methyl sites for hydroxylation is 3. The highest BCUT2D eigenvalue weighted by molar-refractivity contribution is 5.66. The summed E-state index contributed by atoms with van der Waals surface area (Å²) in [4.78, 5) is 0. The molecule has 2 aromatic rings. The molecule has 0 bridgehead atoms. The lowest BCUT2D eigenvalue weighted by atomic mass is 9.90. The molecule has 3 rings (SSSR count). The van der Waals surface area contributed by atoms with Crippen LogP contribution in [-0.4, -0.2) is 0 Å². The van der Waals surface area contributed by atoms with E-state index in [0.29, 0.717) is 0 Å². The van der Waals surface area contributed by atoms with Gasteiger partial charge in [0.2, 0.25) is 5.69 Å². The quantitative estimate of drug-likeness (QED) is 0.720. The summed E-state index contributed by atoms with van der Waals surface area (Å²) in [6.07, 6.45) is 7.11. The number of unbranched alkanes of at least 4 members (excludes halogenated alkanes) is 1. The summed E-state index contributed by atoms with van der Waals surface area (Å²) in [5.41, 5.74) is 5.94. The summed E-state index contributed by atoms with van der Waals surface area (Å²) in [5, 5.41) is 0. The van der Waals surface area contributed by atoms with Crippen molar-refractivity contribution in [2.24, 2.45) is 0 Å². The highest BCUT2D eigenvalue weighted by Gasteiger charge is 2.23. The van der Waals surface area contributed by atoms with Crippen LogP contribution in [0.5, 0.6) is 0 Å². The van der Waals surface area contributed by atoms with Crippen LogP contribution in [-0.2, 0) is 19.4 Å². The van der Waals surface area contributed by atoms with Crippen LogP contribution < -0.4 is 4.57 Å². The molecule has 1 aromatic carbocycles. The molecular formula is C17H20N+. The summed E-state index contributed by atoms with van der Waals surface area (Å²) in [6, 6.07) is 13.4. The molecule has 1 aliphatic heterocycles. The van der Waals surface area contributed by atoms with E-state index in [9.17, 15) is 0 Å². The van der Waals surface area contributed by atoms with Crippen LogP contribution >= 0.6 is 0 Å². The number of rotatable bonds is 3. The first-order chi connectivity index (χ1) is 8.90. The fraction of sp³-hybridized carbons (Fsp3) is 0.353. The third-order valence-corrected chi connectivity index (χ3v) is 3.86. The second-order valence-corrected chi connectivity index (χ2v) is 5.08. The van der Waals surface area contributed by atoms with Crippen LogP contribution in [0, 0.1) is 0 Å². The van der Waals surface area contributed by atoms with Crippen LogP contribution in [0.15, 0.2) is 42.6 Å². The lowest BCUT2D eigenvalue weighted by molar-refractivity contribution is -0.687. The van der Waals surface area contributed by atoms with Crippen LogP contribution in [0.25, 0.3) is 11.3 Å². The van der Waals surface area contributed by atoms with Gasteiger partial charge in [-0.25, -0.2) is 0 Å². The van der Waals surface area contributed by atoms with Gasteiger partial charge < -0.3 is 0 Å². The van der Waals surface area contributed by atoms with Crippen molar-refractivity contribution in [2.45, 2.75) is 39.2 Å². The van der Waals surface area contributed by atoms with E-state index in [1.165, 1.54) is 41.6 Å². The first-order valence-electron chi connectivity index (χ1n) is 6.99. The highest BCUT2D eigenvalue weighted by Crippen LogP contribution is 2.29. The van der Waals surface area contributed by atoms with Crippen LogP contribution in [0.2, 0.25) is 0 Å². The number of nitrogens with zero attached hydrogens (tertiary/aromatic N) is 1. The van der Waals surface area contributed by atoms with E-state index >= 15 is 0 Å². The van der Waals surface area contributed by atoms with Crippen molar-refractivity contribution in [2.75, 3.05) is 0 Å². The Balaban J connectivity index is 2.12. The van der Waals surface area contributed by atoms with Crippen molar-refractivity contribution in [1.29, 1.82) is 0 Å². The summed E-state index contributed by atoms with van der Waals surface area (Å²) >= 11 is 0. The molecule has 1 nitrogen and oxygen atoms in total. The predicted molar refractivity (Wildman–Crippen MR) is 74.4 cm³/mol. The zero-order valence-corrected chi connectivity index (χ0v) is 11.0. The maximum Gasteiger partial charge on any atom is 0.213 e. The molecule has 18 heavy (non-hydrogen) atoms. The van der Waals surface area contributed by atoms with E-state index in [-0.39, 0.29) is 0 Å².